The van der Waals surface area contributed by atoms with Gasteiger partial charge in [0.25, 0.3) is 0 Å². The van der Waals surface area contributed by atoms with Gasteiger partial charge in [-0.2, -0.15) is 0 Å². The second kappa shape index (κ2) is 7.66. The summed E-state index contributed by atoms with van der Waals surface area (Å²) >= 11 is -2.29. The van der Waals surface area contributed by atoms with E-state index in [1.807, 2.05) is 6.07 Å². The van der Waals surface area contributed by atoms with Crippen LogP contribution >= 0.6 is 0 Å². The van der Waals surface area contributed by atoms with Crippen LogP contribution in [0, 0.1) is 0 Å². The van der Waals surface area contributed by atoms with Crippen molar-refractivity contribution in [2.24, 2.45) is 0 Å². The number of rotatable bonds is 2. The molecule has 0 unspecified atom stereocenters. The molecule has 3 aromatic carbocycles. The molecular weight excluding hydrogens is 489 g/mol. The summed E-state index contributed by atoms with van der Waals surface area (Å²) in [6, 6.07) is 24.0. The number of fused-ring (bicyclic) bond motifs is 6. The van der Waals surface area contributed by atoms with Crippen molar-refractivity contribution in [1.82, 2.24) is 9.97 Å². The first-order valence-electron chi connectivity index (χ1n) is 12.3. The van der Waals surface area contributed by atoms with Crippen LogP contribution in [0.4, 0.5) is 0 Å². The summed E-state index contributed by atoms with van der Waals surface area (Å²) in [5.74, 6) is 7.39. The third-order valence-corrected chi connectivity index (χ3v) is 11.2. The number of aromatic nitrogens is 2. The van der Waals surface area contributed by atoms with Crippen LogP contribution in [0.1, 0.15) is 26.3 Å². The van der Waals surface area contributed by atoms with Gasteiger partial charge in [0.2, 0.25) is 0 Å². The van der Waals surface area contributed by atoms with Crippen molar-refractivity contribution in [3.8, 4) is 11.3 Å². The molecule has 0 aliphatic rings. The molecule has 3 aromatic heterocycles. The van der Waals surface area contributed by atoms with E-state index in [1.165, 1.54) is 26.1 Å². The summed E-state index contributed by atoms with van der Waals surface area (Å²) in [6.07, 6.45) is 1.79. The molecule has 0 spiro atoms. The van der Waals surface area contributed by atoms with Crippen LogP contribution in [-0.2, 0) is 5.41 Å². The summed E-state index contributed by atoms with van der Waals surface area (Å²) in [7, 11) is 0. The van der Waals surface area contributed by atoms with Crippen LogP contribution in [0.5, 0.6) is 0 Å². The Morgan fingerprint density at radius 1 is 0.800 bits per heavy atom. The topological polar surface area (TPSA) is 38.9 Å². The van der Waals surface area contributed by atoms with E-state index in [4.69, 9.17) is 9.40 Å². The molecule has 0 fully saturated rings. The molecule has 0 amide bonds. The van der Waals surface area contributed by atoms with Crippen LogP contribution in [0.3, 0.4) is 0 Å². The zero-order valence-electron chi connectivity index (χ0n) is 21.2. The second-order valence-corrected chi connectivity index (χ2v) is 22.2. The van der Waals surface area contributed by atoms with E-state index in [1.54, 1.807) is 6.20 Å². The quantitative estimate of drug-likeness (QED) is 0.171. The monoisotopic (exact) mass is 520 g/mol. The number of furan rings is 1. The summed E-state index contributed by atoms with van der Waals surface area (Å²) in [6.45, 7) is 6.77. The van der Waals surface area contributed by atoms with Gasteiger partial charge in [-0.1, -0.05) is 0 Å². The second-order valence-electron chi connectivity index (χ2n) is 11.6. The van der Waals surface area contributed by atoms with Gasteiger partial charge >= 0.3 is 209 Å². The summed E-state index contributed by atoms with van der Waals surface area (Å²) in [5.41, 5.74) is 5.90. The molecule has 0 saturated heterocycles. The molecule has 0 N–H and O–H groups in total. The molecule has 6 rings (SSSR count). The Hall–Kier alpha value is -3.18. The number of nitrogens with zero attached hydrogens (tertiary/aromatic N) is 2. The molecule has 0 saturated carbocycles. The Kier molecular flexibility index (Phi) is 4.88. The van der Waals surface area contributed by atoms with Crippen molar-refractivity contribution in [3.63, 3.8) is 0 Å². The first kappa shape index (κ1) is 22.3. The van der Waals surface area contributed by atoms with Gasteiger partial charge in [0.05, 0.1) is 0 Å². The third-order valence-electron chi connectivity index (χ3n) is 7.00. The van der Waals surface area contributed by atoms with E-state index < -0.39 is 13.3 Å². The molecule has 3 nitrogen and oxygen atoms in total. The van der Waals surface area contributed by atoms with Gasteiger partial charge in [0.15, 0.2) is 0 Å². The summed E-state index contributed by atoms with van der Waals surface area (Å²) < 4.78 is 7.85. The van der Waals surface area contributed by atoms with Crippen LogP contribution in [0.15, 0.2) is 77.3 Å². The number of benzene rings is 3. The van der Waals surface area contributed by atoms with Crippen molar-refractivity contribution in [1.29, 1.82) is 0 Å². The predicted molar refractivity (Wildman–Crippen MR) is 151 cm³/mol. The van der Waals surface area contributed by atoms with Crippen LogP contribution in [0.2, 0.25) is 17.3 Å². The fourth-order valence-electron chi connectivity index (χ4n) is 5.07. The van der Waals surface area contributed by atoms with E-state index in [9.17, 15) is 0 Å². The average Bonchev–Trinajstić information content (AvgIpc) is 3.20. The normalized spacial score (nSPS) is 12.9. The van der Waals surface area contributed by atoms with Gasteiger partial charge in [-0.3, -0.25) is 0 Å². The van der Waals surface area contributed by atoms with Gasteiger partial charge in [0, 0.05) is 0 Å². The number of pyridine rings is 2. The molecule has 3 heterocycles. The third kappa shape index (κ3) is 3.64. The van der Waals surface area contributed by atoms with Gasteiger partial charge in [0.1, 0.15) is 0 Å². The summed E-state index contributed by atoms with van der Waals surface area (Å²) in [5, 5.41) is 6.03. The van der Waals surface area contributed by atoms with Crippen molar-refractivity contribution in [2.45, 2.75) is 43.5 Å². The molecule has 0 aliphatic carbocycles. The van der Waals surface area contributed by atoms with E-state index in [0.717, 1.165) is 33.1 Å². The first-order chi connectivity index (χ1) is 16.6. The van der Waals surface area contributed by atoms with Crippen LogP contribution in [0.25, 0.3) is 55.0 Å². The maximum atomic E-state index is 6.38. The van der Waals surface area contributed by atoms with Gasteiger partial charge in [-0.25, -0.2) is 0 Å². The van der Waals surface area contributed by atoms with E-state index >= 15 is 0 Å². The fraction of sp³-hybridized carbons (Fsp3) is 0.226. The molecule has 0 aliphatic heterocycles. The Balaban J connectivity index is 1.76. The predicted octanol–water partition coefficient (Wildman–Crippen LogP) is 8.19. The first-order valence-corrected chi connectivity index (χ1v) is 19.6. The molecule has 174 valence electrons. The molecule has 0 radical (unpaired) electrons. The minimum absolute atomic E-state index is 0.00748. The van der Waals surface area contributed by atoms with E-state index in [2.05, 4.69) is 104 Å². The average molecular weight is 519 g/mol. The van der Waals surface area contributed by atoms with E-state index in [-0.39, 0.29) is 5.41 Å². The zero-order chi connectivity index (χ0) is 24.5. The van der Waals surface area contributed by atoms with Crippen molar-refractivity contribution >= 4 is 61.4 Å². The Morgan fingerprint density at radius 2 is 1.57 bits per heavy atom. The van der Waals surface area contributed by atoms with Gasteiger partial charge in [-0.15, -0.1) is 0 Å². The molecule has 35 heavy (non-hydrogen) atoms. The standard InChI is InChI=1S/C31H30GeN2O/c1-31(2,3)20-16-23-22-12-9-15-33-30(22)35-29(23)24(17-20)27-18-25(32(4,5)6)28-21-11-8-7-10-19(21)13-14-26(28)34-27/h7-18H,1-6H3. The van der Waals surface area contributed by atoms with Crippen molar-refractivity contribution in [3.05, 3.63) is 78.5 Å². The molecular formula is C31H30GeN2O. The van der Waals surface area contributed by atoms with Crippen LogP contribution in [-0.4, -0.2) is 23.2 Å². The van der Waals surface area contributed by atoms with Crippen molar-refractivity contribution in [2.75, 3.05) is 0 Å². The van der Waals surface area contributed by atoms with Gasteiger partial charge in [-0.05, 0) is 0 Å². The maximum absolute atomic E-state index is 6.38. The number of hydrogen-bond donors (Lipinski definition) is 0. The molecule has 6 aromatic rings. The van der Waals surface area contributed by atoms with Gasteiger partial charge < -0.3 is 0 Å². The Labute approximate surface area is 208 Å². The van der Waals surface area contributed by atoms with Crippen LogP contribution < -0.4 is 4.40 Å². The summed E-state index contributed by atoms with van der Waals surface area (Å²) in [4.78, 5) is 9.77. The molecule has 0 atom stereocenters. The minimum atomic E-state index is -2.29. The fourth-order valence-corrected chi connectivity index (χ4v) is 8.39. The molecule has 4 heteroatoms. The zero-order valence-corrected chi connectivity index (χ0v) is 23.3. The van der Waals surface area contributed by atoms with E-state index in [0.29, 0.717) is 5.71 Å². The number of hydrogen-bond acceptors (Lipinski definition) is 3. The Bertz CT molecular complexity index is 1770. The Morgan fingerprint density at radius 3 is 2.34 bits per heavy atom. The molecule has 0 bridgehead atoms. The SMILES string of the molecule is CC(C)(C)c1cc(-c2c[c]([Ge]([CH3])([CH3])[CH3])c3c(ccc4ccccc43)n2)c2oc3ncccc3c2c1. The van der Waals surface area contributed by atoms with Crippen molar-refractivity contribution < 1.29 is 4.42 Å².